The molecule has 0 saturated carbocycles. The van der Waals surface area contributed by atoms with E-state index in [-0.39, 0.29) is 18.2 Å². The third kappa shape index (κ3) is 6.23. The Morgan fingerprint density at radius 2 is 1.73 bits per heavy atom. The maximum Gasteiger partial charge on any atom is 0.281 e. The highest BCUT2D eigenvalue weighted by Crippen LogP contribution is 2.39. The van der Waals surface area contributed by atoms with Gasteiger partial charge in [-0.1, -0.05) is 35.9 Å². The molecule has 11 heteroatoms. The Morgan fingerprint density at radius 1 is 1.03 bits per heavy atom. The van der Waals surface area contributed by atoms with Crippen molar-refractivity contribution in [3.8, 4) is 16.2 Å². The number of thiophene rings is 2. The van der Waals surface area contributed by atoms with Crippen LogP contribution in [0.1, 0.15) is 47.8 Å². The minimum Gasteiger partial charge on any atom is -0.506 e. The molecule has 0 aliphatic rings. The summed E-state index contributed by atoms with van der Waals surface area (Å²) >= 11 is 8.31. The summed E-state index contributed by atoms with van der Waals surface area (Å²) in [6, 6.07) is 16.9. The first-order chi connectivity index (χ1) is 17.7. The van der Waals surface area contributed by atoms with Crippen molar-refractivity contribution in [3.05, 3.63) is 97.5 Å². The average Bonchev–Trinajstić information content (AvgIpc) is 3.54. The van der Waals surface area contributed by atoms with Gasteiger partial charge in [-0.2, -0.15) is 5.10 Å². The standard InChI is InChI=1S/C26H21ClN4O4S2/c1-14(19-13-36-23(22(19)32)16-5-7-18(27)8-6-16)30-31-26(35)21-10-9-20(37-21)25(34)29-12-15-3-2-4-17(11-15)24(28)33/h2-11,13,32H,12H2,1H3,(H2,28,33)(H,29,34)(H,31,35). The molecule has 0 atom stereocenters. The zero-order valence-corrected chi connectivity index (χ0v) is 21.8. The molecular weight excluding hydrogens is 532 g/mol. The molecule has 2 heterocycles. The number of hydrazone groups is 1. The second kappa shape index (κ2) is 11.4. The predicted octanol–water partition coefficient (Wildman–Crippen LogP) is 5.02. The Hall–Kier alpha value is -3.99. The van der Waals surface area contributed by atoms with Crippen molar-refractivity contribution < 1.29 is 19.5 Å². The molecule has 0 fully saturated rings. The van der Waals surface area contributed by atoms with Gasteiger partial charge in [0.1, 0.15) is 5.75 Å². The number of nitrogens with zero attached hydrogens (tertiary/aromatic N) is 1. The Labute approximate surface area is 225 Å². The SMILES string of the molecule is CC(=NNC(=O)c1ccc(C(=O)NCc2cccc(C(N)=O)c2)s1)c1csc(-c2ccc(Cl)cc2)c1O. The highest BCUT2D eigenvalue weighted by Gasteiger charge is 2.17. The molecule has 0 spiro atoms. The van der Waals surface area contributed by atoms with Crippen molar-refractivity contribution in [2.45, 2.75) is 13.5 Å². The van der Waals surface area contributed by atoms with Gasteiger partial charge in [-0.05, 0) is 54.4 Å². The van der Waals surface area contributed by atoms with E-state index < -0.39 is 11.8 Å². The molecule has 0 saturated heterocycles. The molecule has 8 nitrogen and oxygen atoms in total. The Morgan fingerprint density at radius 3 is 2.43 bits per heavy atom. The van der Waals surface area contributed by atoms with Crippen molar-refractivity contribution >= 4 is 57.7 Å². The molecule has 4 rings (SSSR count). The summed E-state index contributed by atoms with van der Waals surface area (Å²) in [5, 5.41) is 19.9. The molecule has 2 aromatic heterocycles. The number of primary amides is 1. The van der Waals surface area contributed by atoms with Crippen molar-refractivity contribution in [1.29, 1.82) is 0 Å². The monoisotopic (exact) mass is 552 g/mol. The van der Waals surface area contributed by atoms with E-state index in [9.17, 15) is 19.5 Å². The number of hydrogen-bond acceptors (Lipinski definition) is 7. The van der Waals surface area contributed by atoms with Crippen LogP contribution in [0.4, 0.5) is 0 Å². The quantitative estimate of drug-likeness (QED) is 0.180. The fourth-order valence-electron chi connectivity index (χ4n) is 3.35. The van der Waals surface area contributed by atoms with Crippen LogP contribution in [-0.4, -0.2) is 28.5 Å². The topological polar surface area (TPSA) is 134 Å². The molecule has 0 radical (unpaired) electrons. The lowest BCUT2D eigenvalue weighted by atomic mass is 10.1. The highest BCUT2D eigenvalue weighted by molar-refractivity contribution is 7.16. The van der Waals surface area contributed by atoms with E-state index >= 15 is 0 Å². The Balaban J connectivity index is 1.37. The summed E-state index contributed by atoms with van der Waals surface area (Å²) in [5.41, 5.74) is 10.6. The number of nitrogens with one attached hydrogen (secondary N) is 2. The van der Waals surface area contributed by atoms with E-state index in [1.807, 2.05) is 12.1 Å². The number of benzene rings is 2. The number of hydrogen-bond donors (Lipinski definition) is 4. The summed E-state index contributed by atoms with van der Waals surface area (Å²) in [5.74, 6) is -1.31. The molecule has 2 aromatic carbocycles. The third-order valence-electron chi connectivity index (χ3n) is 5.30. The number of amides is 3. The average molecular weight is 553 g/mol. The van der Waals surface area contributed by atoms with Gasteiger partial charge in [0, 0.05) is 22.5 Å². The van der Waals surface area contributed by atoms with Gasteiger partial charge in [0.2, 0.25) is 5.91 Å². The van der Waals surface area contributed by atoms with Crippen LogP contribution in [0.3, 0.4) is 0 Å². The van der Waals surface area contributed by atoms with E-state index in [1.54, 1.807) is 54.8 Å². The first kappa shape index (κ1) is 26.1. The first-order valence-electron chi connectivity index (χ1n) is 10.9. The highest BCUT2D eigenvalue weighted by atomic mass is 35.5. The number of halogens is 1. The van der Waals surface area contributed by atoms with E-state index in [2.05, 4.69) is 15.8 Å². The lowest BCUT2D eigenvalue weighted by molar-refractivity contribution is 0.0950. The van der Waals surface area contributed by atoms with Crippen LogP contribution in [0.5, 0.6) is 5.75 Å². The molecule has 37 heavy (non-hydrogen) atoms. The molecule has 0 aliphatic carbocycles. The number of nitrogens with two attached hydrogens (primary N) is 1. The summed E-state index contributed by atoms with van der Waals surface area (Å²) in [6.07, 6.45) is 0. The van der Waals surface area contributed by atoms with E-state index in [0.29, 0.717) is 36.5 Å². The van der Waals surface area contributed by atoms with Crippen LogP contribution >= 0.6 is 34.3 Å². The summed E-state index contributed by atoms with van der Waals surface area (Å²) in [4.78, 5) is 37.7. The van der Waals surface area contributed by atoms with E-state index in [1.165, 1.54) is 17.4 Å². The Bertz CT molecular complexity index is 1510. The first-order valence-corrected chi connectivity index (χ1v) is 13.0. The maximum atomic E-state index is 12.6. The minimum absolute atomic E-state index is 0.0688. The van der Waals surface area contributed by atoms with Gasteiger partial charge in [-0.15, -0.1) is 22.7 Å². The van der Waals surface area contributed by atoms with Crippen molar-refractivity contribution in [2.75, 3.05) is 0 Å². The van der Waals surface area contributed by atoms with Gasteiger partial charge in [0.25, 0.3) is 11.8 Å². The molecular formula is C26H21ClN4O4S2. The zero-order chi connectivity index (χ0) is 26.5. The maximum absolute atomic E-state index is 12.6. The van der Waals surface area contributed by atoms with Crippen LogP contribution in [0, 0.1) is 0 Å². The number of carbonyl (C=O) groups excluding carboxylic acids is 3. The molecule has 3 amide bonds. The lowest BCUT2D eigenvalue weighted by Gasteiger charge is -2.05. The summed E-state index contributed by atoms with van der Waals surface area (Å²) in [7, 11) is 0. The van der Waals surface area contributed by atoms with Gasteiger partial charge >= 0.3 is 0 Å². The minimum atomic E-state index is -0.545. The van der Waals surface area contributed by atoms with Crippen molar-refractivity contribution in [3.63, 3.8) is 0 Å². The van der Waals surface area contributed by atoms with Gasteiger partial charge < -0.3 is 16.2 Å². The van der Waals surface area contributed by atoms with Crippen molar-refractivity contribution in [2.24, 2.45) is 10.8 Å². The van der Waals surface area contributed by atoms with Crippen LogP contribution < -0.4 is 16.5 Å². The molecule has 4 aromatic rings. The summed E-state index contributed by atoms with van der Waals surface area (Å²) < 4.78 is 0. The van der Waals surface area contributed by atoms with Crippen molar-refractivity contribution in [1.82, 2.24) is 10.7 Å². The molecule has 0 unspecified atom stereocenters. The van der Waals surface area contributed by atoms with Crippen LogP contribution in [0.2, 0.25) is 5.02 Å². The van der Waals surface area contributed by atoms with Gasteiger partial charge in [-0.25, -0.2) is 5.43 Å². The van der Waals surface area contributed by atoms with Crippen LogP contribution in [0.15, 0.2) is 71.1 Å². The number of rotatable bonds is 8. The molecule has 0 bridgehead atoms. The predicted molar refractivity (Wildman–Crippen MR) is 147 cm³/mol. The van der Waals surface area contributed by atoms with Gasteiger partial charge in [0.05, 0.1) is 25.9 Å². The van der Waals surface area contributed by atoms with Gasteiger partial charge in [0.15, 0.2) is 0 Å². The molecule has 188 valence electrons. The van der Waals surface area contributed by atoms with E-state index in [0.717, 1.165) is 22.5 Å². The normalized spacial score (nSPS) is 11.2. The van der Waals surface area contributed by atoms with Crippen LogP contribution in [0.25, 0.3) is 10.4 Å². The molecule has 5 N–H and O–H groups in total. The smallest absolute Gasteiger partial charge is 0.281 e. The number of carbonyl (C=O) groups is 3. The fraction of sp³-hybridized carbons (Fsp3) is 0.0769. The second-order valence-electron chi connectivity index (χ2n) is 7.88. The zero-order valence-electron chi connectivity index (χ0n) is 19.4. The fourth-order valence-corrected chi connectivity index (χ4v) is 5.30. The Kier molecular flexibility index (Phi) is 8.02. The molecule has 0 aliphatic heterocycles. The number of aromatic hydroxyl groups is 1. The third-order valence-corrected chi connectivity index (χ3v) is 7.66. The van der Waals surface area contributed by atoms with E-state index in [4.69, 9.17) is 17.3 Å². The largest absolute Gasteiger partial charge is 0.506 e. The van der Waals surface area contributed by atoms with Crippen LogP contribution in [-0.2, 0) is 6.54 Å². The second-order valence-corrected chi connectivity index (χ2v) is 10.3. The lowest BCUT2D eigenvalue weighted by Crippen LogP contribution is -2.22. The van der Waals surface area contributed by atoms with Gasteiger partial charge in [-0.3, -0.25) is 14.4 Å². The summed E-state index contributed by atoms with van der Waals surface area (Å²) in [6.45, 7) is 1.87.